The predicted octanol–water partition coefficient (Wildman–Crippen LogP) is 3.64. The number of nitrogens with one attached hydrogen (secondary N) is 1. The molecule has 0 saturated heterocycles. The molecule has 0 radical (unpaired) electrons. The van der Waals surface area contributed by atoms with E-state index in [1.165, 1.54) is 0 Å². The molecule has 4 heteroatoms. The minimum atomic E-state index is -0.185. The van der Waals surface area contributed by atoms with Crippen LogP contribution in [0.1, 0.15) is 45.7 Å². The van der Waals surface area contributed by atoms with Gasteiger partial charge in [0.05, 0.1) is 6.04 Å². The molecule has 2 unspecified atom stereocenters. The average Bonchev–Trinajstić information content (AvgIpc) is 2.46. The van der Waals surface area contributed by atoms with E-state index in [1.807, 2.05) is 49.9 Å². The first-order valence-electron chi connectivity index (χ1n) is 7.33. The Balaban J connectivity index is 2.73. The number of hydrogen-bond acceptors (Lipinski definition) is 2. The zero-order valence-electron chi connectivity index (χ0n) is 12.8. The molecule has 1 aromatic rings. The third-order valence-electron chi connectivity index (χ3n) is 3.58. The van der Waals surface area contributed by atoms with E-state index in [-0.39, 0.29) is 18.0 Å². The number of hydrogen-bond donors (Lipinski definition) is 1. The van der Waals surface area contributed by atoms with Crippen LogP contribution in [0.15, 0.2) is 24.3 Å². The van der Waals surface area contributed by atoms with Gasteiger partial charge in [0.2, 0.25) is 5.91 Å². The standard InChI is InChI=1S/C16H25ClN2O/c1-5-15(13-8-10-14(17)11-9-13)18-12(4)16(20)19(6-2)7-3/h8-12,15,18H,5-7H2,1-4H3. The quantitative estimate of drug-likeness (QED) is 0.833. The van der Waals surface area contributed by atoms with Gasteiger partial charge in [0.15, 0.2) is 0 Å². The van der Waals surface area contributed by atoms with Gasteiger partial charge in [0.1, 0.15) is 0 Å². The maximum absolute atomic E-state index is 12.3. The lowest BCUT2D eigenvalue weighted by molar-refractivity contribution is -0.132. The first-order valence-corrected chi connectivity index (χ1v) is 7.71. The maximum Gasteiger partial charge on any atom is 0.239 e. The van der Waals surface area contributed by atoms with E-state index in [2.05, 4.69) is 12.2 Å². The summed E-state index contributed by atoms with van der Waals surface area (Å²) in [4.78, 5) is 14.1. The molecule has 0 fully saturated rings. The Labute approximate surface area is 127 Å². The van der Waals surface area contributed by atoms with Crippen LogP contribution >= 0.6 is 11.6 Å². The van der Waals surface area contributed by atoms with Gasteiger partial charge in [-0.15, -0.1) is 0 Å². The van der Waals surface area contributed by atoms with E-state index >= 15 is 0 Å². The number of carbonyl (C=O) groups excluding carboxylic acids is 1. The van der Waals surface area contributed by atoms with Crippen molar-refractivity contribution in [2.24, 2.45) is 0 Å². The normalized spacial score (nSPS) is 13.8. The van der Waals surface area contributed by atoms with Crippen molar-refractivity contribution in [1.82, 2.24) is 10.2 Å². The average molecular weight is 297 g/mol. The zero-order chi connectivity index (χ0) is 15.1. The largest absolute Gasteiger partial charge is 0.342 e. The van der Waals surface area contributed by atoms with Gasteiger partial charge in [0.25, 0.3) is 0 Å². The highest BCUT2D eigenvalue weighted by molar-refractivity contribution is 6.30. The van der Waals surface area contributed by atoms with Gasteiger partial charge in [0, 0.05) is 24.2 Å². The molecule has 0 bridgehead atoms. The van der Waals surface area contributed by atoms with Crippen molar-refractivity contribution in [3.8, 4) is 0 Å². The van der Waals surface area contributed by atoms with Gasteiger partial charge in [-0.3, -0.25) is 10.1 Å². The maximum atomic E-state index is 12.3. The van der Waals surface area contributed by atoms with Crippen LogP contribution in [0, 0.1) is 0 Å². The second-order valence-corrected chi connectivity index (χ2v) is 5.35. The highest BCUT2D eigenvalue weighted by Crippen LogP contribution is 2.20. The molecule has 1 rings (SSSR count). The molecule has 112 valence electrons. The fourth-order valence-electron chi connectivity index (χ4n) is 2.33. The van der Waals surface area contributed by atoms with Crippen LogP contribution in [-0.2, 0) is 4.79 Å². The molecule has 1 aromatic carbocycles. The summed E-state index contributed by atoms with van der Waals surface area (Å²) < 4.78 is 0. The third-order valence-corrected chi connectivity index (χ3v) is 3.83. The lowest BCUT2D eigenvalue weighted by Gasteiger charge is -2.27. The molecule has 0 saturated carbocycles. The third kappa shape index (κ3) is 4.50. The molecular formula is C16H25ClN2O. The SMILES string of the molecule is CCC(NC(C)C(=O)N(CC)CC)c1ccc(Cl)cc1. The summed E-state index contributed by atoms with van der Waals surface area (Å²) in [7, 11) is 0. The molecule has 20 heavy (non-hydrogen) atoms. The fourth-order valence-corrected chi connectivity index (χ4v) is 2.45. The molecule has 1 amide bonds. The van der Waals surface area contributed by atoms with Crippen LogP contribution in [0.3, 0.4) is 0 Å². The Bertz CT molecular complexity index is 415. The lowest BCUT2D eigenvalue weighted by atomic mass is 10.0. The van der Waals surface area contributed by atoms with Gasteiger partial charge in [-0.1, -0.05) is 30.7 Å². The molecule has 1 N–H and O–H groups in total. The molecular weight excluding hydrogens is 272 g/mol. The summed E-state index contributed by atoms with van der Waals surface area (Å²) in [5.41, 5.74) is 1.16. The second-order valence-electron chi connectivity index (χ2n) is 4.91. The summed E-state index contributed by atoms with van der Waals surface area (Å²) in [6, 6.07) is 7.78. The first-order chi connectivity index (χ1) is 9.53. The van der Waals surface area contributed by atoms with Gasteiger partial charge in [-0.2, -0.15) is 0 Å². The van der Waals surface area contributed by atoms with E-state index in [0.29, 0.717) is 0 Å². The highest BCUT2D eigenvalue weighted by Gasteiger charge is 2.21. The zero-order valence-corrected chi connectivity index (χ0v) is 13.6. The Morgan fingerprint density at radius 2 is 1.75 bits per heavy atom. The predicted molar refractivity (Wildman–Crippen MR) is 85.0 cm³/mol. The molecule has 0 spiro atoms. The Morgan fingerprint density at radius 3 is 2.20 bits per heavy atom. The van der Waals surface area contributed by atoms with Crippen molar-refractivity contribution >= 4 is 17.5 Å². The van der Waals surface area contributed by atoms with E-state index in [1.54, 1.807) is 0 Å². The van der Waals surface area contributed by atoms with Crippen molar-refractivity contribution in [2.75, 3.05) is 13.1 Å². The van der Waals surface area contributed by atoms with Crippen LogP contribution in [-0.4, -0.2) is 29.9 Å². The van der Waals surface area contributed by atoms with Crippen LogP contribution in [0.5, 0.6) is 0 Å². The summed E-state index contributed by atoms with van der Waals surface area (Å²) in [5, 5.41) is 4.15. The van der Waals surface area contributed by atoms with Crippen molar-refractivity contribution in [1.29, 1.82) is 0 Å². The summed E-state index contributed by atoms with van der Waals surface area (Å²) in [6.45, 7) is 9.55. The van der Waals surface area contributed by atoms with E-state index < -0.39 is 0 Å². The van der Waals surface area contributed by atoms with Crippen LogP contribution in [0.2, 0.25) is 5.02 Å². The number of nitrogens with zero attached hydrogens (tertiary/aromatic N) is 1. The smallest absolute Gasteiger partial charge is 0.239 e. The molecule has 0 aliphatic carbocycles. The Kier molecular flexibility index (Phi) is 7.03. The number of benzene rings is 1. The van der Waals surface area contributed by atoms with Crippen LogP contribution < -0.4 is 5.32 Å². The monoisotopic (exact) mass is 296 g/mol. The molecule has 0 aliphatic rings. The van der Waals surface area contributed by atoms with Gasteiger partial charge in [-0.25, -0.2) is 0 Å². The minimum absolute atomic E-state index is 0.155. The number of halogens is 1. The number of amides is 1. The molecule has 3 nitrogen and oxygen atoms in total. The molecule has 0 heterocycles. The highest BCUT2D eigenvalue weighted by atomic mass is 35.5. The van der Waals surface area contributed by atoms with Crippen LogP contribution in [0.25, 0.3) is 0 Å². The fraction of sp³-hybridized carbons (Fsp3) is 0.562. The van der Waals surface area contributed by atoms with Gasteiger partial charge < -0.3 is 4.90 Å². The van der Waals surface area contributed by atoms with E-state index in [4.69, 9.17) is 11.6 Å². The number of likely N-dealkylation sites (N-methyl/N-ethyl adjacent to an activating group) is 1. The first kappa shape index (κ1) is 17.0. The van der Waals surface area contributed by atoms with Crippen molar-refractivity contribution in [2.45, 2.75) is 46.2 Å². The van der Waals surface area contributed by atoms with Crippen LogP contribution in [0.4, 0.5) is 0 Å². The van der Waals surface area contributed by atoms with Gasteiger partial charge >= 0.3 is 0 Å². The van der Waals surface area contributed by atoms with Crippen molar-refractivity contribution < 1.29 is 4.79 Å². The summed E-state index contributed by atoms with van der Waals surface area (Å²) in [5.74, 6) is 0.155. The van der Waals surface area contributed by atoms with E-state index in [0.717, 1.165) is 30.1 Å². The lowest BCUT2D eigenvalue weighted by Crippen LogP contribution is -2.45. The summed E-state index contributed by atoms with van der Waals surface area (Å²) >= 11 is 5.91. The minimum Gasteiger partial charge on any atom is -0.342 e. The summed E-state index contributed by atoms with van der Waals surface area (Å²) in [6.07, 6.45) is 0.928. The van der Waals surface area contributed by atoms with E-state index in [9.17, 15) is 4.79 Å². The Morgan fingerprint density at radius 1 is 1.20 bits per heavy atom. The van der Waals surface area contributed by atoms with Crippen molar-refractivity contribution in [3.05, 3.63) is 34.9 Å². The van der Waals surface area contributed by atoms with Gasteiger partial charge in [-0.05, 0) is 44.9 Å². The second kappa shape index (κ2) is 8.28. The Hall–Kier alpha value is -1.06. The molecule has 0 aliphatic heterocycles. The molecule has 0 aromatic heterocycles. The topological polar surface area (TPSA) is 32.3 Å². The van der Waals surface area contributed by atoms with Crippen molar-refractivity contribution in [3.63, 3.8) is 0 Å². The number of carbonyl (C=O) groups is 1. The number of rotatable bonds is 7. The molecule has 2 atom stereocenters.